The van der Waals surface area contributed by atoms with Gasteiger partial charge in [0.15, 0.2) is 0 Å². The summed E-state index contributed by atoms with van der Waals surface area (Å²) in [4.78, 5) is 1.45. The van der Waals surface area contributed by atoms with E-state index in [9.17, 15) is 17.6 Å². The molecule has 0 saturated heterocycles. The first-order chi connectivity index (χ1) is 11.7. The molecule has 0 bridgehead atoms. The quantitative estimate of drug-likeness (QED) is 0.428. The molecule has 0 aromatic rings. The minimum Gasteiger partial charge on any atom is -0.350 e. The number of alkyl halides is 3. The highest BCUT2D eigenvalue weighted by atomic mass is 19.4. The number of hydrogen-bond donors (Lipinski definition) is 0. The van der Waals surface area contributed by atoms with Gasteiger partial charge in [-0.2, -0.15) is 13.2 Å². The molecule has 1 nitrogen and oxygen atoms in total. The molecule has 1 unspecified atom stereocenters. The van der Waals surface area contributed by atoms with Gasteiger partial charge in [-0.25, -0.2) is 4.39 Å². The van der Waals surface area contributed by atoms with Crippen LogP contribution in [0.2, 0.25) is 0 Å². The largest absolute Gasteiger partial charge is 0.417 e. The first-order valence-corrected chi connectivity index (χ1v) is 8.31. The van der Waals surface area contributed by atoms with Crippen molar-refractivity contribution in [2.24, 2.45) is 11.3 Å². The Kier molecular flexibility index (Phi) is 5.45. The van der Waals surface area contributed by atoms with E-state index < -0.39 is 11.7 Å². The van der Waals surface area contributed by atoms with Crippen molar-refractivity contribution in [2.45, 2.75) is 32.9 Å². The van der Waals surface area contributed by atoms with Crippen LogP contribution in [0.4, 0.5) is 17.6 Å². The van der Waals surface area contributed by atoms with Gasteiger partial charge in [0.1, 0.15) is 5.83 Å². The molecule has 1 atom stereocenters. The van der Waals surface area contributed by atoms with Gasteiger partial charge in [-0.15, -0.1) is 6.58 Å². The third-order valence-electron chi connectivity index (χ3n) is 5.18. The average molecular weight is 353 g/mol. The van der Waals surface area contributed by atoms with Crippen LogP contribution < -0.4 is 0 Å². The second-order valence-corrected chi connectivity index (χ2v) is 6.37. The Bertz CT molecular complexity index is 685. The minimum atomic E-state index is -4.40. The van der Waals surface area contributed by atoms with Gasteiger partial charge in [0.2, 0.25) is 0 Å². The van der Waals surface area contributed by atoms with Crippen LogP contribution in [0.3, 0.4) is 0 Å². The van der Waals surface area contributed by atoms with Gasteiger partial charge in [-0.1, -0.05) is 26.0 Å². The Hall–Kier alpha value is -2.04. The topological polar surface area (TPSA) is 3.24 Å². The summed E-state index contributed by atoms with van der Waals surface area (Å²) < 4.78 is 52.7. The van der Waals surface area contributed by atoms with Crippen LogP contribution in [0.15, 0.2) is 71.9 Å². The zero-order chi connectivity index (χ0) is 18.8. The molecule has 1 aliphatic carbocycles. The highest BCUT2D eigenvalue weighted by Crippen LogP contribution is 2.46. The molecule has 0 aromatic carbocycles. The predicted molar refractivity (Wildman–Crippen MR) is 93.1 cm³/mol. The molecule has 5 heteroatoms. The predicted octanol–water partition coefficient (Wildman–Crippen LogP) is 6.22. The molecule has 0 aromatic heterocycles. The summed E-state index contributed by atoms with van der Waals surface area (Å²) in [6.07, 6.45) is 7.08. The Labute approximate surface area is 146 Å². The molecular weight excluding hydrogens is 330 g/mol. The SMILES string of the molecule is C=CC(CC)(CC)C1C=C(F)C=CC1=C1C=CC(C(F)(F)F)=CN1C. The number of rotatable bonds is 4. The third-order valence-corrected chi connectivity index (χ3v) is 5.18. The molecule has 0 amide bonds. The second kappa shape index (κ2) is 7.06. The molecule has 25 heavy (non-hydrogen) atoms. The van der Waals surface area contributed by atoms with Gasteiger partial charge in [0, 0.05) is 24.9 Å². The van der Waals surface area contributed by atoms with Crippen molar-refractivity contribution in [3.63, 3.8) is 0 Å². The van der Waals surface area contributed by atoms with Crippen LogP contribution in [0.25, 0.3) is 0 Å². The lowest BCUT2D eigenvalue weighted by atomic mass is 9.66. The van der Waals surface area contributed by atoms with Crippen LogP contribution in [0.5, 0.6) is 0 Å². The zero-order valence-corrected chi connectivity index (χ0v) is 14.7. The Morgan fingerprint density at radius 3 is 2.24 bits per heavy atom. The smallest absolute Gasteiger partial charge is 0.350 e. The molecule has 0 radical (unpaired) electrons. The number of allylic oxidation sites excluding steroid dienone is 9. The fourth-order valence-electron chi connectivity index (χ4n) is 3.48. The van der Waals surface area contributed by atoms with Crippen molar-refractivity contribution in [3.8, 4) is 0 Å². The van der Waals surface area contributed by atoms with E-state index in [-0.39, 0.29) is 17.2 Å². The molecule has 2 aliphatic rings. The standard InChI is InChI=1S/C20H23F4N/c1-5-19(6-2,7-3)17-12-15(21)9-10-16(17)18-11-8-14(13-25(18)4)20(22,23)24/h5,8-13,17H,1,6-7H2,2-4H3. The highest BCUT2D eigenvalue weighted by molar-refractivity contribution is 5.48. The van der Waals surface area contributed by atoms with Crippen molar-refractivity contribution in [1.29, 1.82) is 0 Å². The van der Waals surface area contributed by atoms with Crippen molar-refractivity contribution in [2.75, 3.05) is 7.05 Å². The van der Waals surface area contributed by atoms with E-state index in [1.165, 1.54) is 17.1 Å². The number of halogens is 4. The molecule has 0 N–H and O–H groups in total. The minimum absolute atomic E-state index is 0.284. The average Bonchev–Trinajstić information content (AvgIpc) is 2.57. The Morgan fingerprint density at radius 2 is 1.76 bits per heavy atom. The van der Waals surface area contributed by atoms with E-state index in [0.29, 0.717) is 5.70 Å². The van der Waals surface area contributed by atoms with E-state index in [1.54, 1.807) is 19.2 Å². The maximum absolute atomic E-state index is 14.0. The summed E-state index contributed by atoms with van der Waals surface area (Å²) >= 11 is 0. The molecule has 136 valence electrons. The van der Waals surface area contributed by atoms with Gasteiger partial charge in [0.05, 0.1) is 5.57 Å². The molecule has 2 rings (SSSR count). The van der Waals surface area contributed by atoms with Gasteiger partial charge in [-0.3, -0.25) is 0 Å². The van der Waals surface area contributed by atoms with Crippen molar-refractivity contribution < 1.29 is 17.6 Å². The number of nitrogens with zero attached hydrogens (tertiary/aromatic N) is 1. The van der Waals surface area contributed by atoms with E-state index in [2.05, 4.69) is 6.58 Å². The summed E-state index contributed by atoms with van der Waals surface area (Å²) in [7, 11) is 1.57. The molecular formula is C20H23F4N. The Balaban J connectivity index is 2.55. The van der Waals surface area contributed by atoms with Gasteiger partial charge >= 0.3 is 6.18 Å². The van der Waals surface area contributed by atoms with E-state index in [4.69, 9.17) is 0 Å². The van der Waals surface area contributed by atoms with Gasteiger partial charge in [-0.05, 0) is 48.1 Å². The first kappa shape index (κ1) is 19.3. The molecule has 0 spiro atoms. The van der Waals surface area contributed by atoms with E-state index in [0.717, 1.165) is 30.7 Å². The van der Waals surface area contributed by atoms with Gasteiger partial charge in [0.25, 0.3) is 0 Å². The number of hydrogen-bond acceptors (Lipinski definition) is 1. The van der Waals surface area contributed by atoms with Crippen molar-refractivity contribution in [3.05, 3.63) is 71.9 Å². The van der Waals surface area contributed by atoms with E-state index in [1.807, 2.05) is 19.9 Å². The number of likely N-dealkylation sites (N-methyl/N-ethyl adjacent to an activating group) is 1. The van der Waals surface area contributed by atoms with Crippen LogP contribution in [0, 0.1) is 11.3 Å². The van der Waals surface area contributed by atoms with E-state index >= 15 is 0 Å². The van der Waals surface area contributed by atoms with Crippen LogP contribution in [0.1, 0.15) is 26.7 Å². The Morgan fingerprint density at radius 1 is 1.12 bits per heavy atom. The van der Waals surface area contributed by atoms with Crippen molar-refractivity contribution >= 4 is 0 Å². The lowest BCUT2D eigenvalue weighted by molar-refractivity contribution is -0.0892. The third kappa shape index (κ3) is 3.65. The lowest BCUT2D eigenvalue weighted by Gasteiger charge is -2.39. The second-order valence-electron chi connectivity index (χ2n) is 6.37. The first-order valence-electron chi connectivity index (χ1n) is 8.31. The van der Waals surface area contributed by atoms with Gasteiger partial charge < -0.3 is 4.90 Å². The summed E-state index contributed by atoms with van der Waals surface area (Å²) in [6.45, 7) is 7.95. The lowest BCUT2D eigenvalue weighted by Crippen LogP contribution is -2.31. The maximum atomic E-state index is 14.0. The molecule has 0 fully saturated rings. The fourth-order valence-corrected chi connectivity index (χ4v) is 3.48. The maximum Gasteiger partial charge on any atom is 0.417 e. The molecule has 1 aliphatic heterocycles. The molecule has 1 heterocycles. The van der Waals surface area contributed by atoms with Crippen LogP contribution in [-0.4, -0.2) is 18.1 Å². The summed E-state index contributed by atoms with van der Waals surface area (Å²) in [5.74, 6) is -0.621. The monoisotopic (exact) mass is 353 g/mol. The summed E-state index contributed by atoms with van der Waals surface area (Å²) in [5, 5.41) is 0. The fraction of sp³-hybridized carbons (Fsp3) is 0.400. The normalized spacial score (nSPS) is 24.3. The van der Waals surface area contributed by atoms with Crippen molar-refractivity contribution in [1.82, 2.24) is 4.90 Å². The summed E-state index contributed by atoms with van der Waals surface area (Å²) in [6, 6.07) is 0. The van der Waals surface area contributed by atoms with Crippen LogP contribution in [-0.2, 0) is 0 Å². The molecule has 0 saturated carbocycles. The highest BCUT2D eigenvalue weighted by Gasteiger charge is 2.38. The van der Waals surface area contributed by atoms with Crippen LogP contribution >= 0.6 is 0 Å². The zero-order valence-electron chi connectivity index (χ0n) is 14.7. The summed E-state index contributed by atoms with van der Waals surface area (Å²) in [5.41, 5.74) is 0.360.